The normalized spacial score (nSPS) is 11.5. The van der Waals surface area contributed by atoms with E-state index < -0.39 is 0 Å². The molecule has 0 unspecified atom stereocenters. The fourth-order valence-corrected chi connectivity index (χ4v) is 1.28. The number of rotatable bonds is 1. The summed E-state index contributed by atoms with van der Waals surface area (Å²) in [6.07, 6.45) is 0. The van der Waals surface area contributed by atoms with Gasteiger partial charge in [-0.25, -0.2) is 0 Å². The van der Waals surface area contributed by atoms with Crippen molar-refractivity contribution in [1.82, 2.24) is 0 Å². The van der Waals surface area contributed by atoms with Crippen molar-refractivity contribution in [2.24, 2.45) is 0 Å². The highest BCUT2D eigenvalue weighted by atomic mass is 35.5. The van der Waals surface area contributed by atoms with Gasteiger partial charge < -0.3 is 5.32 Å². The predicted octanol–water partition coefficient (Wildman–Crippen LogP) is 3.86. The Balaban J connectivity index is 2.86. The third-order valence-electron chi connectivity index (χ3n) is 1.69. The molecule has 2 heteroatoms. The van der Waals surface area contributed by atoms with Gasteiger partial charge in [-0.1, -0.05) is 17.7 Å². The molecule has 1 rings (SSSR count). The predicted molar refractivity (Wildman–Crippen MR) is 59.6 cm³/mol. The molecule has 0 aromatic heterocycles. The van der Waals surface area contributed by atoms with E-state index >= 15 is 0 Å². The minimum Gasteiger partial charge on any atom is -0.380 e. The smallest absolute Gasteiger partial charge is 0.0455 e. The Labute approximate surface area is 85.1 Å². The Kier molecular flexibility index (Phi) is 2.87. The van der Waals surface area contributed by atoms with Crippen LogP contribution in [0.1, 0.15) is 26.3 Å². The standard InChI is InChI=1S/C11H16ClN/c1-8-5-6-9(7-10(8)12)13-11(2,3)4/h5-7,13H,1-4H3. The molecular weight excluding hydrogens is 182 g/mol. The third kappa shape index (κ3) is 3.27. The summed E-state index contributed by atoms with van der Waals surface area (Å²) in [5, 5.41) is 4.18. The summed E-state index contributed by atoms with van der Waals surface area (Å²) >= 11 is 6.00. The summed E-state index contributed by atoms with van der Waals surface area (Å²) in [5.74, 6) is 0. The summed E-state index contributed by atoms with van der Waals surface area (Å²) in [6, 6.07) is 6.03. The number of benzene rings is 1. The second-order valence-corrected chi connectivity index (χ2v) is 4.75. The Morgan fingerprint density at radius 1 is 1.23 bits per heavy atom. The number of hydrogen-bond acceptors (Lipinski definition) is 1. The summed E-state index contributed by atoms with van der Waals surface area (Å²) in [6.45, 7) is 8.38. The first kappa shape index (κ1) is 10.4. The first-order valence-electron chi connectivity index (χ1n) is 4.43. The van der Waals surface area contributed by atoms with Crippen LogP contribution in [0, 0.1) is 6.92 Å². The topological polar surface area (TPSA) is 12.0 Å². The maximum atomic E-state index is 6.00. The van der Waals surface area contributed by atoms with Crippen molar-refractivity contribution in [3.05, 3.63) is 28.8 Å². The van der Waals surface area contributed by atoms with Crippen LogP contribution in [-0.2, 0) is 0 Å². The zero-order valence-electron chi connectivity index (χ0n) is 8.61. The molecule has 0 aliphatic rings. The highest BCUT2D eigenvalue weighted by molar-refractivity contribution is 6.31. The van der Waals surface area contributed by atoms with E-state index in [1.54, 1.807) is 0 Å². The van der Waals surface area contributed by atoms with Crippen LogP contribution in [0.5, 0.6) is 0 Å². The zero-order chi connectivity index (χ0) is 10.1. The van der Waals surface area contributed by atoms with Crippen LogP contribution < -0.4 is 5.32 Å². The number of halogens is 1. The largest absolute Gasteiger partial charge is 0.380 e. The van der Waals surface area contributed by atoms with Gasteiger partial charge in [0.2, 0.25) is 0 Å². The molecule has 72 valence electrons. The van der Waals surface area contributed by atoms with E-state index in [9.17, 15) is 0 Å². The summed E-state index contributed by atoms with van der Waals surface area (Å²) in [4.78, 5) is 0. The second kappa shape index (κ2) is 3.59. The van der Waals surface area contributed by atoms with Crippen LogP contribution in [-0.4, -0.2) is 5.54 Å². The molecule has 0 saturated heterocycles. The van der Waals surface area contributed by atoms with Gasteiger partial charge in [0.15, 0.2) is 0 Å². The van der Waals surface area contributed by atoms with E-state index in [1.165, 1.54) is 0 Å². The van der Waals surface area contributed by atoms with Gasteiger partial charge in [-0.05, 0) is 45.4 Å². The van der Waals surface area contributed by atoms with Gasteiger partial charge in [0.25, 0.3) is 0 Å². The lowest BCUT2D eigenvalue weighted by Gasteiger charge is -2.22. The molecule has 1 aromatic rings. The highest BCUT2D eigenvalue weighted by Gasteiger charge is 2.09. The van der Waals surface area contributed by atoms with Crippen LogP contribution >= 0.6 is 11.6 Å². The number of nitrogens with one attached hydrogen (secondary N) is 1. The van der Waals surface area contributed by atoms with Gasteiger partial charge in [0.05, 0.1) is 0 Å². The quantitative estimate of drug-likeness (QED) is 0.721. The molecule has 1 N–H and O–H groups in total. The average Bonchev–Trinajstić information content (AvgIpc) is 1.94. The van der Waals surface area contributed by atoms with E-state index in [-0.39, 0.29) is 5.54 Å². The van der Waals surface area contributed by atoms with E-state index in [2.05, 4.69) is 26.1 Å². The van der Waals surface area contributed by atoms with Crippen LogP contribution in [0.2, 0.25) is 5.02 Å². The maximum Gasteiger partial charge on any atom is 0.0455 e. The van der Waals surface area contributed by atoms with Gasteiger partial charge in [-0.2, -0.15) is 0 Å². The van der Waals surface area contributed by atoms with Crippen LogP contribution in [0.15, 0.2) is 18.2 Å². The van der Waals surface area contributed by atoms with Crippen LogP contribution in [0.3, 0.4) is 0 Å². The Morgan fingerprint density at radius 2 is 1.85 bits per heavy atom. The molecule has 0 aliphatic heterocycles. The Morgan fingerprint density at radius 3 is 2.31 bits per heavy atom. The monoisotopic (exact) mass is 197 g/mol. The first-order chi connectivity index (χ1) is 5.88. The van der Waals surface area contributed by atoms with Crippen LogP contribution in [0.4, 0.5) is 5.69 Å². The summed E-state index contributed by atoms with van der Waals surface area (Å²) < 4.78 is 0. The molecule has 0 bridgehead atoms. The minimum absolute atomic E-state index is 0.0819. The van der Waals surface area contributed by atoms with Crippen molar-refractivity contribution in [2.45, 2.75) is 33.2 Å². The van der Waals surface area contributed by atoms with E-state index in [1.807, 2.05) is 25.1 Å². The zero-order valence-corrected chi connectivity index (χ0v) is 9.37. The van der Waals surface area contributed by atoms with Gasteiger partial charge in [-0.3, -0.25) is 0 Å². The molecule has 0 heterocycles. The molecule has 0 fully saturated rings. The second-order valence-electron chi connectivity index (χ2n) is 4.34. The van der Waals surface area contributed by atoms with E-state index in [0.29, 0.717) is 0 Å². The highest BCUT2D eigenvalue weighted by Crippen LogP contribution is 2.22. The fraction of sp³-hybridized carbons (Fsp3) is 0.455. The van der Waals surface area contributed by atoms with Crippen molar-refractivity contribution in [2.75, 3.05) is 5.32 Å². The van der Waals surface area contributed by atoms with Gasteiger partial charge in [0, 0.05) is 16.2 Å². The number of anilines is 1. The van der Waals surface area contributed by atoms with E-state index in [0.717, 1.165) is 16.3 Å². The molecule has 0 amide bonds. The molecule has 0 spiro atoms. The van der Waals surface area contributed by atoms with Crippen molar-refractivity contribution in [3.63, 3.8) is 0 Å². The molecule has 0 radical (unpaired) electrons. The number of aryl methyl sites for hydroxylation is 1. The van der Waals surface area contributed by atoms with E-state index in [4.69, 9.17) is 11.6 Å². The molecule has 1 aromatic carbocycles. The van der Waals surface area contributed by atoms with Gasteiger partial charge in [-0.15, -0.1) is 0 Å². The molecule has 0 atom stereocenters. The summed E-state index contributed by atoms with van der Waals surface area (Å²) in [5.41, 5.74) is 2.27. The van der Waals surface area contributed by atoms with Crippen molar-refractivity contribution in [1.29, 1.82) is 0 Å². The maximum absolute atomic E-state index is 6.00. The lowest BCUT2D eigenvalue weighted by molar-refractivity contribution is 0.634. The lowest BCUT2D eigenvalue weighted by Crippen LogP contribution is -2.25. The molecule has 13 heavy (non-hydrogen) atoms. The van der Waals surface area contributed by atoms with Crippen molar-refractivity contribution < 1.29 is 0 Å². The van der Waals surface area contributed by atoms with Gasteiger partial charge >= 0.3 is 0 Å². The SMILES string of the molecule is Cc1ccc(NC(C)(C)C)cc1Cl. The third-order valence-corrected chi connectivity index (χ3v) is 2.10. The number of hydrogen-bond donors (Lipinski definition) is 1. The molecular formula is C11H16ClN. The van der Waals surface area contributed by atoms with Crippen molar-refractivity contribution >= 4 is 17.3 Å². The fourth-order valence-electron chi connectivity index (χ4n) is 1.10. The summed E-state index contributed by atoms with van der Waals surface area (Å²) in [7, 11) is 0. The van der Waals surface area contributed by atoms with Crippen molar-refractivity contribution in [3.8, 4) is 0 Å². The van der Waals surface area contributed by atoms with Gasteiger partial charge in [0.1, 0.15) is 0 Å². The minimum atomic E-state index is 0.0819. The van der Waals surface area contributed by atoms with Crippen LogP contribution in [0.25, 0.3) is 0 Å². The molecule has 0 saturated carbocycles. The lowest BCUT2D eigenvalue weighted by atomic mass is 10.1. The molecule has 0 aliphatic carbocycles. The molecule has 1 nitrogen and oxygen atoms in total. The Bertz CT molecular complexity index is 299. The average molecular weight is 198 g/mol. The first-order valence-corrected chi connectivity index (χ1v) is 4.80. The Hall–Kier alpha value is -0.690.